The van der Waals surface area contributed by atoms with Gasteiger partial charge in [-0.25, -0.2) is 9.37 Å². The Hall–Kier alpha value is -3.21. The smallest absolute Gasteiger partial charge is 0.213 e. The summed E-state index contributed by atoms with van der Waals surface area (Å²) in [5, 5.41) is 0. The van der Waals surface area contributed by atoms with Crippen LogP contribution in [0.1, 0.15) is 87.0 Å². The average Bonchev–Trinajstić information content (AvgIpc) is 3.30. The fourth-order valence-corrected chi connectivity index (χ4v) is 7.60. The fourth-order valence-electron chi connectivity index (χ4n) is 7.60. The summed E-state index contributed by atoms with van der Waals surface area (Å²) in [7, 11) is 1.55. The predicted molar refractivity (Wildman–Crippen MR) is 151 cm³/mol. The number of hydrogen-bond acceptors (Lipinski definition) is 4. The Morgan fingerprint density at radius 2 is 1.90 bits per heavy atom. The van der Waals surface area contributed by atoms with Gasteiger partial charge in [-0.15, -0.1) is 0 Å². The molecule has 0 bridgehead atoms. The zero-order chi connectivity index (χ0) is 27.2. The average molecular weight is 528 g/mol. The minimum Gasteiger partial charge on any atom is -0.489 e. The summed E-state index contributed by atoms with van der Waals surface area (Å²) < 4.78 is 26.7. The Kier molecular flexibility index (Phi) is 6.73. The van der Waals surface area contributed by atoms with E-state index in [9.17, 15) is 4.79 Å². The molecule has 0 N–H and O–H groups in total. The van der Waals surface area contributed by atoms with Gasteiger partial charge < -0.3 is 14.3 Å². The minimum atomic E-state index is -0.343. The van der Waals surface area contributed by atoms with Crippen molar-refractivity contribution >= 4 is 6.29 Å². The van der Waals surface area contributed by atoms with E-state index in [1.54, 1.807) is 13.2 Å². The molecule has 2 fully saturated rings. The molecule has 0 radical (unpaired) electrons. The summed E-state index contributed by atoms with van der Waals surface area (Å²) in [5.74, 6) is 1.37. The number of aryl methyl sites for hydroxylation is 1. The van der Waals surface area contributed by atoms with Gasteiger partial charge in [0.1, 0.15) is 24.5 Å². The number of carbonyl (C=O) groups excluding carboxylic acids is 1. The molecule has 1 spiro atoms. The number of aldehydes is 1. The Labute approximate surface area is 231 Å². The number of rotatable bonds is 7. The number of carbonyl (C=O) groups is 1. The van der Waals surface area contributed by atoms with Crippen molar-refractivity contribution < 1.29 is 18.7 Å². The lowest BCUT2D eigenvalue weighted by Crippen LogP contribution is -2.47. The van der Waals surface area contributed by atoms with Crippen LogP contribution in [0, 0.1) is 17.2 Å². The van der Waals surface area contributed by atoms with Crippen LogP contribution in [0.25, 0.3) is 11.1 Å². The molecule has 39 heavy (non-hydrogen) atoms. The molecule has 2 aromatic carbocycles. The number of ether oxygens (including phenoxy) is 2. The molecule has 3 atom stereocenters. The first kappa shape index (κ1) is 26.0. The van der Waals surface area contributed by atoms with Crippen molar-refractivity contribution in [2.45, 2.75) is 83.2 Å². The van der Waals surface area contributed by atoms with Crippen molar-refractivity contribution in [3.63, 3.8) is 0 Å². The van der Waals surface area contributed by atoms with Crippen LogP contribution >= 0.6 is 0 Å². The SMILES string of the molecule is COc1cc(-c2ccc(COc3ccc4c(c3)[C@]3(CCC4)CC[C@@H]3C=O)cc2[C@@H]2CCCC2(C)C)c(F)cn1. The maximum Gasteiger partial charge on any atom is 0.213 e. The minimum absolute atomic E-state index is 0.00719. The number of halogens is 1. The first-order valence-corrected chi connectivity index (χ1v) is 14.4. The Morgan fingerprint density at radius 1 is 1.03 bits per heavy atom. The summed E-state index contributed by atoms with van der Waals surface area (Å²) in [4.78, 5) is 15.8. The zero-order valence-electron chi connectivity index (χ0n) is 23.3. The highest BCUT2D eigenvalue weighted by atomic mass is 19.1. The third kappa shape index (κ3) is 4.54. The topological polar surface area (TPSA) is 48.4 Å². The van der Waals surface area contributed by atoms with E-state index < -0.39 is 0 Å². The normalized spacial score (nSPS) is 25.1. The molecule has 0 aliphatic heterocycles. The number of fused-ring (bicyclic) bond motifs is 2. The van der Waals surface area contributed by atoms with E-state index in [0.29, 0.717) is 24.0 Å². The van der Waals surface area contributed by atoms with Gasteiger partial charge in [0.15, 0.2) is 0 Å². The van der Waals surface area contributed by atoms with Gasteiger partial charge in [-0.3, -0.25) is 0 Å². The molecular weight excluding hydrogens is 489 g/mol. The van der Waals surface area contributed by atoms with Crippen LogP contribution in [0.5, 0.6) is 11.6 Å². The molecule has 1 aromatic heterocycles. The first-order chi connectivity index (χ1) is 18.8. The van der Waals surface area contributed by atoms with Crippen molar-refractivity contribution in [1.82, 2.24) is 4.98 Å². The lowest BCUT2D eigenvalue weighted by atomic mass is 9.52. The van der Waals surface area contributed by atoms with E-state index in [1.165, 1.54) is 35.6 Å². The lowest BCUT2D eigenvalue weighted by molar-refractivity contribution is -0.117. The Morgan fingerprint density at radius 3 is 2.62 bits per heavy atom. The van der Waals surface area contributed by atoms with Gasteiger partial charge >= 0.3 is 0 Å². The standard InChI is InChI=1S/C34H38FNO3/c1-33(2)13-5-7-29(33)27-16-22(8-11-26(27)28-18-32(38-3)36-19-31(28)35)21-39-25-10-9-23-6-4-14-34(30(23)17-25)15-12-24(34)20-37/h8-11,16-20,24,29H,4-7,12-15,21H2,1-3H3/t24-,29+,34-/m1/s1. The molecular formula is C34H38FNO3. The molecule has 204 valence electrons. The largest absolute Gasteiger partial charge is 0.489 e. The molecule has 3 aromatic rings. The van der Waals surface area contributed by atoms with E-state index in [-0.39, 0.29) is 22.6 Å². The van der Waals surface area contributed by atoms with E-state index in [1.807, 2.05) is 12.1 Å². The van der Waals surface area contributed by atoms with Gasteiger partial charge in [-0.05, 0) is 96.2 Å². The number of nitrogens with zero attached hydrogens (tertiary/aromatic N) is 1. The molecule has 1 heterocycles. The van der Waals surface area contributed by atoms with Gasteiger partial charge in [0, 0.05) is 23.0 Å². The first-order valence-electron chi connectivity index (χ1n) is 14.4. The number of hydrogen-bond donors (Lipinski definition) is 0. The van der Waals surface area contributed by atoms with Gasteiger partial charge in [-0.2, -0.15) is 0 Å². The molecule has 4 nitrogen and oxygen atoms in total. The van der Waals surface area contributed by atoms with E-state index in [4.69, 9.17) is 9.47 Å². The highest BCUT2D eigenvalue weighted by Crippen LogP contribution is 2.55. The quantitative estimate of drug-likeness (QED) is 0.293. The fraction of sp³-hybridized carbons (Fsp3) is 0.471. The van der Waals surface area contributed by atoms with E-state index >= 15 is 4.39 Å². The van der Waals surface area contributed by atoms with E-state index in [0.717, 1.165) is 61.8 Å². The van der Waals surface area contributed by atoms with Crippen LogP contribution in [0.15, 0.2) is 48.7 Å². The second-order valence-corrected chi connectivity index (χ2v) is 12.5. The summed E-state index contributed by atoms with van der Waals surface area (Å²) in [5.41, 5.74) is 6.48. The van der Waals surface area contributed by atoms with Crippen LogP contribution in [0.4, 0.5) is 4.39 Å². The van der Waals surface area contributed by atoms with Gasteiger partial charge in [0.2, 0.25) is 5.88 Å². The number of aromatic nitrogens is 1. The molecule has 6 rings (SSSR count). The molecule has 0 saturated heterocycles. The van der Waals surface area contributed by atoms with Crippen molar-refractivity contribution in [2.75, 3.05) is 7.11 Å². The van der Waals surface area contributed by atoms with Crippen LogP contribution in [-0.2, 0) is 23.2 Å². The number of methoxy groups -OCH3 is 1. The molecule has 0 unspecified atom stereocenters. The molecule has 0 amide bonds. The van der Waals surface area contributed by atoms with Crippen LogP contribution in [0.2, 0.25) is 0 Å². The lowest BCUT2D eigenvalue weighted by Gasteiger charge is -2.51. The zero-order valence-corrected chi connectivity index (χ0v) is 23.3. The highest BCUT2D eigenvalue weighted by Gasteiger charge is 2.49. The van der Waals surface area contributed by atoms with Crippen molar-refractivity contribution in [1.29, 1.82) is 0 Å². The summed E-state index contributed by atoms with van der Waals surface area (Å²) in [6, 6.07) is 14.4. The Bertz CT molecular complexity index is 1400. The summed E-state index contributed by atoms with van der Waals surface area (Å²) >= 11 is 0. The van der Waals surface area contributed by atoms with Crippen LogP contribution in [-0.4, -0.2) is 18.4 Å². The molecule has 5 heteroatoms. The second kappa shape index (κ2) is 10.1. The highest BCUT2D eigenvalue weighted by molar-refractivity contribution is 5.70. The van der Waals surface area contributed by atoms with Crippen molar-refractivity contribution in [3.05, 3.63) is 76.7 Å². The monoisotopic (exact) mass is 527 g/mol. The van der Waals surface area contributed by atoms with Gasteiger partial charge in [-0.1, -0.05) is 44.5 Å². The number of benzene rings is 2. The second-order valence-electron chi connectivity index (χ2n) is 12.5. The van der Waals surface area contributed by atoms with Gasteiger partial charge in [0.25, 0.3) is 0 Å². The maximum atomic E-state index is 15.0. The molecule has 2 saturated carbocycles. The Balaban J connectivity index is 1.31. The number of pyridine rings is 1. The third-order valence-corrected chi connectivity index (χ3v) is 9.95. The third-order valence-electron chi connectivity index (χ3n) is 9.95. The van der Waals surface area contributed by atoms with Crippen LogP contribution < -0.4 is 9.47 Å². The van der Waals surface area contributed by atoms with E-state index in [2.05, 4.69) is 43.1 Å². The van der Waals surface area contributed by atoms with Crippen LogP contribution in [0.3, 0.4) is 0 Å². The molecule has 3 aliphatic carbocycles. The maximum absolute atomic E-state index is 15.0. The summed E-state index contributed by atoms with van der Waals surface area (Å²) in [6.07, 6.45) is 11.2. The van der Waals surface area contributed by atoms with Crippen molar-refractivity contribution in [2.24, 2.45) is 11.3 Å². The van der Waals surface area contributed by atoms with Crippen molar-refractivity contribution in [3.8, 4) is 22.8 Å². The summed E-state index contributed by atoms with van der Waals surface area (Å²) in [6.45, 7) is 5.07. The van der Waals surface area contributed by atoms with Gasteiger partial charge in [0.05, 0.1) is 13.3 Å². The predicted octanol–water partition coefficient (Wildman–Crippen LogP) is 7.95. The molecule has 3 aliphatic rings.